The molecule has 23 heavy (non-hydrogen) atoms. The Kier molecular flexibility index (Phi) is 4.51. The van der Waals surface area contributed by atoms with Gasteiger partial charge < -0.3 is 4.74 Å². The summed E-state index contributed by atoms with van der Waals surface area (Å²) in [5.41, 5.74) is 4.07. The minimum Gasteiger partial charge on any atom is -0.463 e. The second-order valence-corrected chi connectivity index (χ2v) is 6.26. The lowest BCUT2D eigenvalue weighted by atomic mass is 10.2. The number of methoxy groups -OCH3 is 1. The fourth-order valence-corrected chi connectivity index (χ4v) is 3.11. The van der Waals surface area contributed by atoms with Crippen molar-refractivity contribution >= 4 is 40.4 Å². The number of hydrogen-bond acceptors (Lipinski definition) is 7. The van der Waals surface area contributed by atoms with E-state index in [1.165, 1.54) is 7.11 Å². The number of ether oxygens (including phenoxy) is 1. The average molecular weight is 351 g/mol. The molecule has 0 spiro atoms. The zero-order valence-corrected chi connectivity index (χ0v) is 14.1. The second-order valence-electron chi connectivity index (χ2n) is 4.84. The minimum atomic E-state index is -0.511. The summed E-state index contributed by atoms with van der Waals surface area (Å²) in [4.78, 5) is 13.0. The number of hydrogen-bond donors (Lipinski definition) is 1. The predicted octanol–water partition coefficient (Wildman–Crippen LogP) is 2.84. The van der Waals surface area contributed by atoms with E-state index in [4.69, 9.17) is 16.3 Å². The monoisotopic (exact) mass is 350 g/mol. The fraction of sp³-hybridized carbons (Fsp3) is 0.200. The van der Waals surface area contributed by atoms with Crippen LogP contribution < -0.4 is 10.4 Å². The van der Waals surface area contributed by atoms with Gasteiger partial charge in [-0.15, -0.1) is 16.4 Å². The number of likely N-dealkylation sites (N-methyl/N-ethyl adjacent to an activating group) is 1. The molecule has 3 rings (SSSR count). The molecule has 1 aliphatic rings. The van der Waals surface area contributed by atoms with Crippen molar-refractivity contribution in [3.8, 4) is 0 Å². The lowest BCUT2D eigenvalue weighted by Crippen LogP contribution is -2.54. The second kappa shape index (κ2) is 6.57. The van der Waals surface area contributed by atoms with Crippen LogP contribution in [-0.2, 0) is 9.53 Å². The number of hydrazone groups is 1. The number of hydrazine groups is 1. The molecule has 1 aromatic carbocycles. The molecular formula is C15H15ClN4O2S. The van der Waals surface area contributed by atoms with E-state index in [0.717, 1.165) is 10.6 Å². The van der Waals surface area contributed by atoms with Crippen LogP contribution in [0.5, 0.6) is 0 Å². The Morgan fingerprint density at radius 1 is 1.35 bits per heavy atom. The Balaban J connectivity index is 2.05. The highest BCUT2D eigenvalue weighted by molar-refractivity contribution is 7.10. The van der Waals surface area contributed by atoms with E-state index in [2.05, 4.69) is 10.5 Å². The van der Waals surface area contributed by atoms with E-state index < -0.39 is 5.97 Å². The molecule has 8 heteroatoms. The summed E-state index contributed by atoms with van der Waals surface area (Å²) in [5.74, 6) is -0.334. The van der Waals surface area contributed by atoms with Crippen molar-refractivity contribution in [3.05, 3.63) is 51.7 Å². The van der Waals surface area contributed by atoms with Gasteiger partial charge in [0.25, 0.3) is 0 Å². The number of amidine groups is 1. The highest BCUT2D eigenvalue weighted by atomic mass is 35.5. The highest BCUT2D eigenvalue weighted by Gasteiger charge is 2.32. The van der Waals surface area contributed by atoms with Crippen LogP contribution in [0.25, 0.3) is 0 Å². The first-order valence-electron chi connectivity index (χ1n) is 6.85. The Morgan fingerprint density at radius 3 is 2.70 bits per heavy atom. The van der Waals surface area contributed by atoms with Gasteiger partial charge in [0.1, 0.15) is 0 Å². The van der Waals surface area contributed by atoms with Gasteiger partial charge in [-0.25, -0.2) is 15.2 Å². The van der Waals surface area contributed by atoms with Crippen LogP contribution in [0.2, 0.25) is 5.02 Å². The lowest BCUT2D eigenvalue weighted by molar-refractivity contribution is -0.133. The highest BCUT2D eigenvalue weighted by Crippen LogP contribution is 2.31. The molecule has 2 aromatic rings. The van der Waals surface area contributed by atoms with Gasteiger partial charge in [0.2, 0.25) is 5.84 Å². The van der Waals surface area contributed by atoms with Crippen molar-refractivity contribution in [1.82, 2.24) is 10.4 Å². The number of benzene rings is 1. The molecule has 0 bridgehead atoms. The molecule has 0 fully saturated rings. The maximum absolute atomic E-state index is 11.9. The van der Waals surface area contributed by atoms with Crippen molar-refractivity contribution in [2.45, 2.75) is 6.17 Å². The molecule has 0 saturated carbocycles. The third-order valence-corrected chi connectivity index (χ3v) is 4.53. The van der Waals surface area contributed by atoms with E-state index in [1.54, 1.807) is 40.5 Å². The number of anilines is 1. The van der Waals surface area contributed by atoms with Crippen molar-refractivity contribution in [2.75, 3.05) is 19.2 Å². The summed E-state index contributed by atoms with van der Waals surface area (Å²) in [6, 6.07) is 11.3. The van der Waals surface area contributed by atoms with E-state index in [1.807, 2.05) is 29.6 Å². The van der Waals surface area contributed by atoms with E-state index in [0.29, 0.717) is 5.02 Å². The van der Waals surface area contributed by atoms with Gasteiger partial charge in [0.05, 0.1) is 12.8 Å². The number of carbonyl (C=O) groups excluding carboxylic acids is 1. The Labute approximate surface area is 142 Å². The van der Waals surface area contributed by atoms with Gasteiger partial charge in [-0.05, 0) is 35.7 Å². The van der Waals surface area contributed by atoms with Crippen LogP contribution in [0.1, 0.15) is 11.0 Å². The largest absolute Gasteiger partial charge is 0.463 e. The number of halogens is 1. The van der Waals surface area contributed by atoms with Crippen molar-refractivity contribution in [3.63, 3.8) is 0 Å². The molecule has 0 aliphatic carbocycles. The number of thiophene rings is 1. The maximum atomic E-state index is 11.9. The van der Waals surface area contributed by atoms with Crippen LogP contribution in [0.4, 0.5) is 5.69 Å². The number of nitrogens with zero attached hydrogens (tertiary/aromatic N) is 3. The van der Waals surface area contributed by atoms with Crippen molar-refractivity contribution in [1.29, 1.82) is 0 Å². The van der Waals surface area contributed by atoms with Crippen molar-refractivity contribution in [2.24, 2.45) is 5.10 Å². The summed E-state index contributed by atoms with van der Waals surface area (Å²) < 4.78 is 4.79. The van der Waals surface area contributed by atoms with Gasteiger partial charge in [-0.3, -0.25) is 5.01 Å². The van der Waals surface area contributed by atoms with E-state index in [-0.39, 0.29) is 12.0 Å². The third-order valence-electron chi connectivity index (χ3n) is 3.35. The predicted molar refractivity (Wildman–Crippen MR) is 91.3 cm³/mol. The normalized spacial score (nSPS) is 17.9. The van der Waals surface area contributed by atoms with Gasteiger partial charge in [-0.1, -0.05) is 17.7 Å². The van der Waals surface area contributed by atoms with Crippen LogP contribution in [-0.4, -0.2) is 31.0 Å². The molecule has 2 heterocycles. The Morgan fingerprint density at radius 2 is 2.09 bits per heavy atom. The summed E-state index contributed by atoms with van der Waals surface area (Å²) in [6.45, 7) is 0. The number of esters is 1. The Bertz CT molecular complexity index is 718. The van der Waals surface area contributed by atoms with Crippen molar-refractivity contribution < 1.29 is 9.53 Å². The average Bonchev–Trinajstić information content (AvgIpc) is 3.09. The molecule has 0 radical (unpaired) electrons. The van der Waals surface area contributed by atoms with Crippen LogP contribution >= 0.6 is 22.9 Å². The van der Waals surface area contributed by atoms with Crippen LogP contribution in [0.15, 0.2) is 46.9 Å². The van der Waals surface area contributed by atoms with Gasteiger partial charge in [0.15, 0.2) is 6.17 Å². The molecule has 1 atom stereocenters. The molecule has 120 valence electrons. The first kappa shape index (κ1) is 15.8. The SMILES string of the molecule is COC(=O)C1=NN(c2ccc(Cl)cc2)C(c2cccs2)NN1C. The maximum Gasteiger partial charge on any atom is 0.377 e. The number of nitrogens with one attached hydrogen (secondary N) is 1. The summed E-state index contributed by atoms with van der Waals surface area (Å²) >= 11 is 7.57. The third kappa shape index (κ3) is 3.17. The summed E-state index contributed by atoms with van der Waals surface area (Å²) in [6.07, 6.45) is -0.227. The quantitative estimate of drug-likeness (QED) is 0.863. The molecule has 1 aromatic heterocycles. The zero-order valence-electron chi connectivity index (χ0n) is 12.6. The van der Waals surface area contributed by atoms with Crippen LogP contribution in [0, 0.1) is 0 Å². The number of carbonyl (C=O) groups is 1. The van der Waals surface area contributed by atoms with E-state index >= 15 is 0 Å². The zero-order chi connectivity index (χ0) is 16.4. The summed E-state index contributed by atoms with van der Waals surface area (Å²) in [7, 11) is 3.06. The molecule has 1 aliphatic heterocycles. The molecule has 6 nitrogen and oxygen atoms in total. The summed E-state index contributed by atoms with van der Waals surface area (Å²) in [5, 5.41) is 10.4. The van der Waals surface area contributed by atoms with Gasteiger partial charge >= 0.3 is 5.97 Å². The van der Waals surface area contributed by atoms with Gasteiger partial charge in [0, 0.05) is 16.9 Å². The lowest BCUT2D eigenvalue weighted by Gasteiger charge is -2.38. The number of rotatable bonds is 3. The molecule has 1 N–H and O–H groups in total. The smallest absolute Gasteiger partial charge is 0.377 e. The van der Waals surface area contributed by atoms with Crippen LogP contribution in [0.3, 0.4) is 0 Å². The first-order valence-corrected chi connectivity index (χ1v) is 8.11. The molecule has 0 amide bonds. The standard InChI is InChI=1S/C15H15ClN4O2S/c1-19-14(15(21)22-2)18-20(11-7-5-10(16)6-8-11)13(17-19)12-4-3-9-23-12/h3-9,13,17H,1-2H3. The topological polar surface area (TPSA) is 57.2 Å². The minimum absolute atomic E-state index is 0.176. The fourth-order valence-electron chi connectivity index (χ4n) is 2.23. The Hall–Kier alpha value is -2.09. The first-order chi connectivity index (χ1) is 11.1. The molecular weight excluding hydrogens is 336 g/mol. The molecule has 1 unspecified atom stereocenters. The molecule has 0 saturated heterocycles. The van der Waals surface area contributed by atoms with Gasteiger partial charge in [-0.2, -0.15) is 0 Å². The van der Waals surface area contributed by atoms with E-state index in [9.17, 15) is 4.79 Å².